The number of rotatable bonds is 8. The maximum absolute atomic E-state index is 12.8. The first-order chi connectivity index (χ1) is 13.6. The number of aryl methyl sites for hydroxylation is 1. The zero-order valence-electron chi connectivity index (χ0n) is 16.7. The summed E-state index contributed by atoms with van der Waals surface area (Å²) in [6.07, 6.45) is 4.71. The first kappa shape index (κ1) is 20.1. The fraction of sp³-hybridized carbons (Fsp3) is 0.476. The molecule has 28 heavy (non-hydrogen) atoms. The van der Waals surface area contributed by atoms with Gasteiger partial charge in [-0.3, -0.25) is 14.5 Å². The number of hydrogen-bond acceptors (Lipinski definition) is 4. The smallest absolute Gasteiger partial charge is 0.237 e. The van der Waals surface area contributed by atoms with E-state index in [4.69, 9.17) is 0 Å². The Bertz CT molecular complexity index is 789. The Morgan fingerprint density at radius 3 is 2.86 bits per heavy atom. The number of nitrogens with one attached hydrogen (secondary N) is 1. The number of piperazine rings is 1. The Balaban J connectivity index is 1.60. The Morgan fingerprint density at radius 2 is 2.11 bits per heavy atom. The van der Waals surface area contributed by atoms with Gasteiger partial charge in [-0.05, 0) is 18.9 Å². The molecule has 3 rings (SSSR count). The van der Waals surface area contributed by atoms with Crippen molar-refractivity contribution in [2.75, 3.05) is 26.7 Å². The molecule has 2 aromatic rings. The molecule has 2 heterocycles. The van der Waals surface area contributed by atoms with Gasteiger partial charge in [0.05, 0.1) is 19.0 Å². The van der Waals surface area contributed by atoms with E-state index >= 15 is 0 Å². The molecule has 1 N–H and O–H groups in total. The fourth-order valence-corrected chi connectivity index (χ4v) is 3.57. The van der Waals surface area contributed by atoms with Crippen molar-refractivity contribution in [3.63, 3.8) is 0 Å². The summed E-state index contributed by atoms with van der Waals surface area (Å²) in [5.41, 5.74) is 1.24. The number of carbonyl (C=O) groups is 2. The minimum Gasteiger partial charge on any atom is -0.353 e. The first-order valence-corrected chi connectivity index (χ1v) is 9.88. The molecule has 1 aromatic carbocycles. The summed E-state index contributed by atoms with van der Waals surface area (Å²) in [6, 6.07) is 9.81. The van der Waals surface area contributed by atoms with E-state index in [1.807, 2.05) is 35.9 Å². The highest BCUT2D eigenvalue weighted by molar-refractivity contribution is 5.88. The molecule has 1 unspecified atom stereocenters. The Hall–Kier alpha value is -2.67. The third-order valence-corrected chi connectivity index (χ3v) is 5.29. The average molecular weight is 383 g/mol. The topological polar surface area (TPSA) is 70.5 Å². The monoisotopic (exact) mass is 383 g/mol. The molecule has 1 aliphatic rings. The molecule has 0 spiro atoms. The van der Waals surface area contributed by atoms with Crippen molar-refractivity contribution in [3.8, 4) is 0 Å². The van der Waals surface area contributed by atoms with Crippen LogP contribution in [0.4, 0.5) is 0 Å². The number of carbonyl (C=O) groups excluding carboxylic acids is 2. The molecule has 7 nitrogen and oxygen atoms in total. The summed E-state index contributed by atoms with van der Waals surface area (Å²) >= 11 is 0. The van der Waals surface area contributed by atoms with Gasteiger partial charge in [-0.15, -0.1) is 0 Å². The number of hydrogen-bond donors (Lipinski definition) is 1. The van der Waals surface area contributed by atoms with Crippen molar-refractivity contribution in [3.05, 3.63) is 54.1 Å². The van der Waals surface area contributed by atoms with E-state index < -0.39 is 6.04 Å². The van der Waals surface area contributed by atoms with E-state index in [1.165, 1.54) is 5.56 Å². The summed E-state index contributed by atoms with van der Waals surface area (Å²) in [7, 11) is 1.77. The van der Waals surface area contributed by atoms with Crippen LogP contribution in [-0.4, -0.2) is 63.9 Å². The zero-order valence-corrected chi connectivity index (χ0v) is 16.7. The molecule has 150 valence electrons. The Morgan fingerprint density at radius 1 is 1.32 bits per heavy atom. The van der Waals surface area contributed by atoms with Crippen molar-refractivity contribution >= 4 is 11.8 Å². The standard InChI is InChI=1S/C21H29N5O2/c1-3-25-13-10-22-19(25)16-24(2)20(27)15-18-21(28)23-11-14-26(18)12-9-17-7-5-4-6-8-17/h4-8,10,13,18H,3,9,11-12,14-16H2,1-2H3,(H,23,28). The van der Waals surface area contributed by atoms with Gasteiger partial charge in [0.25, 0.3) is 0 Å². The number of aromatic nitrogens is 2. The lowest BCUT2D eigenvalue weighted by Gasteiger charge is -2.35. The number of benzene rings is 1. The molecule has 1 aliphatic heterocycles. The minimum atomic E-state index is -0.418. The molecule has 7 heteroatoms. The van der Waals surface area contributed by atoms with E-state index in [0.717, 1.165) is 31.9 Å². The van der Waals surface area contributed by atoms with E-state index in [9.17, 15) is 9.59 Å². The number of nitrogens with zero attached hydrogens (tertiary/aromatic N) is 4. The van der Waals surface area contributed by atoms with Crippen molar-refractivity contribution < 1.29 is 9.59 Å². The highest BCUT2D eigenvalue weighted by Crippen LogP contribution is 2.13. The molecular weight excluding hydrogens is 354 g/mol. The second-order valence-corrected chi connectivity index (χ2v) is 7.16. The van der Waals surface area contributed by atoms with Crippen LogP contribution in [0.5, 0.6) is 0 Å². The lowest BCUT2D eigenvalue weighted by molar-refractivity contribution is -0.138. The van der Waals surface area contributed by atoms with Crippen LogP contribution in [0.1, 0.15) is 24.7 Å². The van der Waals surface area contributed by atoms with Crippen molar-refractivity contribution in [2.24, 2.45) is 0 Å². The molecule has 0 radical (unpaired) electrons. The normalized spacial score (nSPS) is 17.4. The van der Waals surface area contributed by atoms with Gasteiger partial charge in [0.15, 0.2) is 0 Å². The molecule has 2 amide bonds. The van der Waals surface area contributed by atoms with Crippen LogP contribution in [0.2, 0.25) is 0 Å². The Kier molecular flexibility index (Phi) is 6.81. The van der Waals surface area contributed by atoms with Gasteiger partial charge in [0, 0.05) is 45.6 Å². The molecule has 1 aromatic heterocycles. The SMILES string of the molecule is CCn1ccnc1CN(C)C(=O)CC1C(=O)NCCN1CCc1ccccc1. The van der Waals surface area contributed by atoms with Crippen LogP contribution < -0.4 is 5.32 Å². The lowest BCUT2D eigenvalue weighted by Crippen LogP contribution is -2.56. The minimum absolute atomic E-state index is 0.0441. The second-order valence-electron chi connectivity index (χ2n) is 7.16. The van der Waals surface area contributed by atoms with E-state index in [1.54, 1.807) is 18.1 Å². The van der Waals surface area contributed by atoms with Gasteiger partial charge in [-0.1, -0.05) is 30.3 Å². The third-order valence-electron chi connectivity index (χ3n) is 5.29. The third kappa shape index (κ3) is 4.98. The number of amides is 2. The van der Waals surface area contributed by atoms with Crippen molar-refractivity contribution in [1.29, 1.82) is 0 Å². The highest BCUT2D eigenvalue weighted by Gasteiger charge is 2.32. The predicted molar refractivity (Wildman–Crippen MR) is 108 cm³/mol. The second kappa shape index (κ2) is 9.50. The highest BCUT2D eigenvalue weighted by atomic mass is 16.2. The largest absolute Gasteiger partial charge is 0.353 e. The summed E-state index contributed by atoms with van der Waals surface area (Å²) < 4.78 is 2.02. The molecule has 0 aliphatic carbocycles. The van der Waals surface area contributed by atoms with Crippen LogP contribution in [0.15, 0.2) is 42.7 Å². The summed E-state index contributed by atoms with van der Waals surface area (Å²) in [5.74, 6) is 0.751. The summed E-state index contributed by atoms with van der Waals surface area (Å²) in [5, 5.41) is 2.90. The average Bonchev–Trinajstić information content (AvgIpc) is 3.16. The van der Waals surface area contributed by atoms with Gasteiger partial charge in [-0.2, -0.15) is 0 Å². The quantitative estimate of drug-likeness (QED) is 0.746. The Labute approximate surface area is 166 Å². The molecule has 0 bridgehead atoms. The molecule has 0 saturated carbocycles. The zero-order chi connectivity index (χ0) is 19.9. The van der Waals surface area contributed by atoms with E-state index in [0.29, 0.717) is 13.1 Å². The number of imidazole rings is 1. The van der Waals surface area contributed by atoms with Crippen LogP contribution in [0.25, 0.3) is 0 Å². The van der Waals surface area contributed by atoms with Gasteiger partial charge >= 0.3 is 0 Å². The van der Waals surface area contributed by atoms with E-state index in [-0.39, 0.29) is 18.2 Å². The van der Waals surface area contributed by atoms with Crippen molar-refractivity contribution in [2.45, 2.75) is 38.9 Å². The molecular formula is C21H29N5O2. The van der Waals surface area contributed by atoms with Gasteiger partial charge in [0.2, 0.25) is 11.8 Å². The predicted octanol–water partition coefficient (Wildman–Crippen LogP) is 1.29. The fourth-order valence-electron chi connectivity index (χ4n) is 3.57. The van der Waals surface area contributed by atoms with Crippen LogP contribution >= 0.6 is 0 Å². The van der Waals surface area contributed by atoms with Crippen LogP contribution in [-0.2, 0) is 29.1 Å². The van der Waals surface area contributed by atoms with E-state index in [2.05, 4.69) is 27.3 Å². The van der Waals surface area contributed by atoms with Crippen molar-refractivity contribution in [1.82, 2.24) is 24.7 Å². The van der Waals surface area contributed by atoms with Crippen LogP contribution in [0.3, 0.4) is 0 Å². The molecule has 1 saturated heterocycles. The van der Waals surface area contributed by atoms with Gasteiger partial charge in [-0.25, -0.2) is 4.98 Å². The maximum atomic E-state index is 12.8. The van der Waals surface area contributed by atoms with Crippen LogP contribution in [0, 0.1) is 0 Å². The summed E-state index contributed by atoms with van der Waals surface area (Å²) in [6.45, 7) is 5.46. The summed E-state index contributed by atoms with van der Waals surface area (Å²) in [4.78, 5) is 33.4. The molecule has 1 atom stereocenters. The first-order valence-electron chi connectivity index (χ1n) is 9.88. The van der Waals surface area contributed by atoms with Gasteiger partial charge in [0.1, 0.15) is 5.82 Å². The maximum Gasteiger partial charge on any atom is 0.237 e. The lowest BCUT2D eigenvalue weighted by atomic mass is 10.1. The molecule has 1 fully saturated rings. The van der Waals surface area contributed by atoms with Gasteiger partial charge < -0.3 is 14.8 Å².